The van der Waals surface area contributed by atoms with Crippen LogP contribution < -0.4 is 0 Å². The first-order valence-electron chi connectivity index (χ1n) is 7.75. The molecule has 0 spiro atoms. The fraction of sp³-hybridized carbons (Fsp3) is 0.471. The molecule has 0 aromatic heterocycles. The first kappa shape index (κ1) is 17.8. The summed E-state index contributed by atoms with van der Waals surface area (Å²) < 4.78 is 15.6. The van der Waals surface area contributed by atoms with E-state index in [4.69, 9.17) is 14.2 Å². The molecule has 7 nitrogen and oxygen atoms in total. The Bertz CT molecular complexity index is 588. The van der Waals surface area contributed by atoms with Crippen LogP contribution in [0.1, 0.15) is 25.8 Å². The Labute approximate surface area is 140 Å². The lowest BCUT2D eigenvalue weighted by Crippen LogP contribution is -2.52. The lowest BCUT2D eigenvalue weighted by molar-refractivity contribution is -0.170. The van der Waals surface area contributed by atoms with E-state index in [0.29, 0.717) is 13.0 Å². The van der Waals surface area contributed by atoms with Crippen molar-refractivity contribution in [1.82, 2.24) is 4.90 Å². The molecule has 0 aliphatic carbocycles. The molecule has 1 saturated heterocycles. The molecule has 0 radical (unpaired) electrons. The summed E-state index contributed by atoms with van der Waals surface area (Å²) in [6.07, 6.45) is -1.34. The van der Waals surface area contributed by atoms with Gasteiger partial charge in [0.05, 0.1) is 6.54 Å². The standard InChI is InChI=1S/C17H21NO6/c1-12(19)23-15-8-9-18(10-16(15)24-13(2)20)17(21)22-11-14-6-4-3-5-7-14/h3-7,15-16H,8-11H2,1-2H3/t15-,16+/m1/s1. The van der Waals surface area contributed by atoms with Gasteiger partial charge in [0.25, 0.3) is 0 Å². The molecule has 0 saturated carbocycles. The minimum atomic E-state index is -0.690. The van der Waals surface area contributed by atoms with Crippen LogP contribution in [0.4, 0.5) is 4.79 Å². The minimum absolute atomic E-state index is 0.130. The number of carbonyl (C=O) groups excluding carboxylic acids is 3. The monoisotopic (exact) mass is 335 g/mol. The highest BCUT2D eigenvalue weighted by atomic mass is 16.6. The van der Waals surface area contributed by atoms with E-state index in [1.165, 1.54) is 18.7 Å². The van der Waals surface area contributed by atoms with Crippen LogP contribution in [0.15, 0.2) is 30.3 Å². The van der Waals surface area contributed by atoms with Crippen LogP contribution in [0.2, 0.25) is 0 Å². The van der Waals surface area contributed by atoms with Crippen molar-refractivity contribution in [2.45, 2.75) is 39.1 Å². The van der Waals surface area contributed by atoms with E-state index in [-0.39, 0.29) is 13.2 Å². The summed E-state index contributed by atoms with van der Waals surface area (Å²) in [6, 6.07) is 9.34. The number of piperidine rings is 1. The first-order valence-corrected chi connectivity index (χ1v) is 7.75. The van der Waals surface area contributed by atoms with Gasteiger partial charge in [-0.2, -0.15) is 0 Å². The Morgan fingerprint density at radius 2 is 1.67 bits per heavy atom. The highest BCUT2D eigenvalue weighted by molar-refractivity contribution is 5.69. The van der Waals surface area contributed by atoms with E-state index in [9.17, 15) is 14.4 Å². The number of esters is 2. The van der Waals surface area contributed by atoms with E-state index in [0.717, 1.165) is 5.56 Å². The van der Waals surface area contributed by atoms with Gasteiger partial charge in [-0.3, -0.25) is 9.59 Å². The second kappa shape index (κ2) is 8.33. The fourth-order valence-corrected chi connectivity index (χ4v) is 2.55. The molecule has 1 aromatic carbocycles. The van der Waals surface area contributed by atoms with Crippen LogP contribution in [0.3, 0.4) is 0 Å². The topological polar surface area (TPSA) is 82.1 Å². The van der Waals surface area contributed by atoms with Crippen molar-refractivity contribution in [1.29, 1.82) is 0 Å². The van der Waals surface area contributed by atoms with E-state index in [1.54, 1.807) is 0 Å². The maximum Gasteiger partial charge on any atom is 0.410 e. The van der Waals surface area contributed by atoms with Gasteiger partial charge in [0.2, 0.25) is 0 Å². The quantitative estimate of drug-likeness (QED) is 0.617. The molecule has 24 heavy (non-hydrogen) atoms. The number of rotatable bonds is 4. The Hall–Kier alpha value is -2.57. The molecule has 1 aliphatic heterocycles. The predicted molar refractivity (Wildman–Crippen MR) is 83.9 cm³/mol. The van der Waals surface area contributed by atoms with Gasteiger partial charge in [0, 0.05) is 26.8 Å². The maximum absolute atomic E-state index is 12.2. The second-order valence-corrected chi connectivity index (χ2v) is 5.57. The largest absolute Gasteiger partial charge is 0.458 e. The van der Waals surface area contributed by atoms with Crippen LogP contribution in [-0.2, 0) is 30.4 Å². The molecule has 1 aromatic rings. The van der Waals surface area contributed by atoms with Crippen molar-refractivity contribution in [3.05, 3.63) is 35.9 Å². The van der Waals surface area contributed by atoms with Gasteiger partial charge < -0.3 is 19.1 Å². The molecule has 1 fully saturated rings. The Balaban J connectivity index is 1.92. The van der Waals surface area contributed by atoms with E-state index in [2.05, 4.69) is 0 Å². The van der Waals surface area contributed by atoms with E-state index >= 15 is 0 Å². The van der Waals surface area contributed by atoms with Crippen LogP contribution in [0.25, 0.3) is 0 Å². The minimum Gasteiger partial charge on any atom is -0.458 e. The van der Waals surface area contributed by atoms with Gasteiger partial charge in [0.1, 0.15) is 12.7 Å². The third-order valence-electron chi connectivity index (χ3n) is 3.60. The van der Waals surface area contributed by atoms with Gasteiger partial charge in [-0.15, -0.1) is 0 Å². The molecule has 130 valence electrons. The highest BCUT2D eigenvalue weighted by Gasteiger charge is 2.36. The van der Waals surface area contributed by atoms with Crippen molar-refractivity contribution in [2.24, 2.45) is 0 Å². The average Bonchev–Trinajstić information content (AvgIpc) is 2.54. The first-order chi connectivity index (χ1) is 11.5. The predicted octanol–water partition coefficient (Wildman–Crippen LogP) is 1.89. The van der Waals surface area contributed by atoms with Crippen molar-refractivity contribution in [3.63, 3.8) is 0 Å². The van der Waals surface area contributed by atoms with Crippen LogP contribution in [-0.4, -0.2) is 48.2 Å². The second-order valence-electron chi connectivity index (χ2n) is 5.57. The molecule has 1 amide bonds. The van der Waals surface area contributed by atoms with Crippen molar-refractivity contribution in [2.75, 3.05) is 13.1 Å². The molecular weight excluding hydrogens is 314 g/mol. The zero-order valence-electron chi connectivity index (χ0n) is 13.8. The summed E-state index contributed by atoms with van der Waals surface area (Å²) in [4.78, 5) is 36.0. The maximum atomic E-state index is 12.2. The molecule has 2 rings (SSSR count). The van der Waals surface area contributed by atoms with Gasteiger partial charge in [-0.1, -0.05) is 30.3 Å². The van der Waals surface area contributed by atoms with Crippen LogP contribution in [0.5, 0.6) is 0 Å². The molecule has 1 heterocycles. The zero-order chi connectivity index (χ0) is 17.5. The third kappa shape index (κ3) is 5.26. The molecule has 7 heteroatoms. The molecule has 0 unspecified atom stereocenters. The fourth-order valence-electron chi connectivity index (χ4n) is 2.55. The van der Waals surface area contributed by atoms with Crippen molar-refractivity contribution < 1.29 is 28.6 Å². The van der Waals surface area contributed by atoms with Gasteiger partial charge in [-0.05, 0) is 5.56 Å². The number of likely N-dealkylation sites (tertiary alicyclic amines) is 1. The summed E-state index contributed by atoms with van der Waals surface area (Å²) in [7, 11) is 0. The normalized spacial score (nSPS) is 20.2. The van der Waals surface area contributed by atoms with Crippen molar-refractivity contribution >= 4 is 18.0 Å². The van der Waals surface area contributed by atoms with Crippen molar-refractivity contribution in [3.8, 4) is 0 Å². The number of amides is 1. The number of benzene rings is 1. The van der Waals surface area contributed by atoms with Crippen LogP contribution >= 0.6 is 0 Å². The molecular formula is C17H21NO6. The van der Waals surface area contributed by atoms with E-state index < -0.39 is 30.2 Å². The number of nitrogens with zero attached hydrogens (tertiary/aromatic N) is 1. The summed E-state index contributed by atoms with van der Waals surface area (Å²) in [5.41, 5.74) is 0.886. The molecule has 1 aliphatic rings. The average molecular weight is 335 g/mol. The summed E-state index contributed by atoms with van der Waals surface area (Å²) in [5.74, 6) is -0.936. The summed E-state index contributed by atoms with van der Waals surface area (Å²) in [5, 5.41) is 0. The summed E-state index contributed by atoms with van der Waals surface area (Å²) >= 11 is 0. The SMILES string of the molecule is CC(=O)O[C@H]1CN(C(=O)OCc2ccccc2)CC[C@H]1OC(C)=O. The summed E-state index contributed by atoms with van der Waals surface area (Å²) in [6.45, 7) is 3.24. The van der Waals surface area contributed by atoms with Crippen LogP contribution in [0, 0.1) is 0 Å². The molecule has 2 atom stereocenters. The van der Waals surface area contributed by atoms with E-state index in [1.807, 2.05) is 30.3 Å². The molecule has 0 N–H and O–H groups in total. The number of hydrogen-bond donors (Lipinski definition) is 0. The Kier molecular flexibility index (Phi) is 6.17. The number of ether oxygens (including phenoxy) is 3. The highest BCUT2D eigenvalue weighted by Crippen LogP contribution is 2.19. The smallest absolute Gasteiger partial charge is 0.410 e. The van der Waals surface area contributed by atoms with Gasteiger partial charge in [0.15, 0.2) is 6.10 Å². The van der Waals surface area contributed by atoms with Gasteiger partial charge >= 0.3 is 18.0 Å². The third-order valence-corrected chi connectivity index (χ3v) is 3.60. The lowest BCUT2D eigenvalue weighted by Gasteiger charge is -2.36. The number of carbonyl (C=O) groups is 3. The Morgan fingerprint density at radius 1 is 1.04 bits per heavy atom. The van der Waals surface area contributed by atoms with Gasteiger partial charge in [-0.25, -0.2) is 4.79 Å². The zero-order valence-corrected chi connectivity index (χ0v) is 13.8. The lowest BCUT2D eigenvalue weighted by atomic mass is 10.0. The number of hydrogen-bond acceptors (Lipinski definition) is 6. The molecule has 0 bridgehead atoms. The Morgan fingerprint density at radius 3 is 2.29 bits per heavy atom.